The number of aryl methyl sites for hydroxylation is 1. The second kappa shape index (κ2) is 24.1. The molecule has 11 rings (SSSR count). The molecule has 0 unspecified atom stereocenters. The topological polar surface area (TPSA) is 166 Å². The molecule has 3 aliphatic rings. The SMILES string of the molecule is CC(C)(C)OC(=O)N1[C@@H]2CC[C@H]1CN(c1ccc(CCNC(=O)c3cnc4c(ccn4CCCCOc4ccc(Oc5ccccc5NC(=O)c5ccc(CNC(=O)OCC6c7ccccc7-c7ccccc76)cc5)cc4)c3)cc1)C2. The van der Waals surface area contributed by atoms with E-state index >= 15 is 0 Å². The second-order valence-electron chi connectivity index (χ2n) is 22.0. The van der Waals surface area contributed by atoms with Crippen LogP contribution >= 0.6 is 0 Å². The van der Waals surface area contributed by atoms with Crippen LogP contribution in [0.2, 0.25) is 0 Å². The van der Waals surface area contributed by atoms with Crippen LogP contribution in [-0.4, -0.2) is 89.0 Å². The highest BCUT2D eigenvalue weighted by Crippen LogP contribution is 2.44. The quantitative estimate of drug-likeness (QED) is 0.0664. The van der Waals surface area contributed by atoms with Gasteiger partial charge in [-0.15, -0.1) is 0 Å². The maximum absolute atomic E-state index is 13.4. The van der Waals surface area contributed by atoms with Crippen molar-refractivity contribution in [2.75, 3.05) is 43.1 Å². The largest absolute Gasteiger partial charge is 0.494 e. The van der Waals surface area contributed by atoms with Gasteiger partial charge in [-0.05, 0) is 159 Å². The van der Waals surface area contributed by atoms with Gasteiger partial charge in [0.15, 0.2) is 5.75 Å². The van der Waals surface area contributed by atoms with Crippen LogP contribution in [0.4, 0.5) is 21.0 Å². The first-order chi connectivity index (χ1) is 39.4. The first-order valence-electron chi connectivity index (χ1n) is 28.0. The van der Waals surface area contributed by atoms with Gasteiger partial charge in [0.05, 0.1) is 29.9 Å². The highest BCUT2D eigenvalue weighted by molar-refractivity contribution is 6.05. The lowest BCUT2D eigenvalue weighted by Gasteiger charge is -2.42. The number of rotatable bonds is 19. The van der Waals surface area contributed by atoms with Gasteiger partial charge in [-0.25, -0.2) is 14.6 Å². The summed E-state index contributed by atoms with van der Waals surface area (Å²) in [6.07, 6.45) is 7.31. The summed E-state index contributed by atoms with van der Waals surface area (Å²) in [6.45, 7) is 9.58. The summed E-state index contributed by atoms with van der Waals surface area (Å²) in [6, 6.07) is 50.9. The molecule has 0 saturated carbocycles. The van der Waals surface area contributed by atoms with Gasteiger partial charge >= 0.3 is 12.2 Å². The zero-order valence-corrected chi connectivity index (χ0v) is 45.9. The summed E-state index contributed by atoms with van der Waals surface area (Å²) in [7, 11) is 0. The molecule has 3 N–H and O–H groups in total. The number of alkyl carbamates (subject to hydrolysis) is 1. The van der Waals surface area contributed by atoms with Gasteiger partial charge in [0.1, 0.15) is 29.4 Å². The molecule has 2 aromatic heterocycles. The number of pyridine rings is 1. The number of amides is 4. The lowest BCUT2D eigenvalue weighted by atomic mass is 9.98. The van der Waals surface area contributed by atoms with E-state index in [2.05, 4.69) is 78.9 Å². The van der Waals surface area contributed by atoms with Crippen molar-refractivity contribution in [1.29, 1.82) is 0 Å². The van der Waals surface area contributed by atoms with Crippen LogP contribution in [0.1, 0.15) is 95.3 Å². The van der Waals surface area contributed by atoms with Gasteiger partial charge in [0, 0.05) is 67.7 Å². The van der Waals surface area contributed by atoms with Crippen molar-refractivity contribution in [2.24, 2.45) is 0 Å². The second-order valence-corrected chi connectivity index (χ2v) is 22.0. The van der Waals surface area contributed by atoms with Crippen molar-refractivity contribution in [3.05, 3.63) is 203 Å². The molecular weight excluding hydrogens is 1020 g/mol. The van der Waals surface area contributed by atoms with E-state index in [0.717, 1.165) is 84.3 Å². The number of carbonyl (C=O) groups excluding carboxylic acids is 4. The maximum Gasteiger partial charge on any atom is 0.410 e. The molecule has 15 heteroatoms. The standard InChI is InChI=1S/C66H67N7O8/c1-66(2,3)81-65(77)73-50-26-27-51(73)42-72(41-50)49-24-20-44(21-25-49)32-34-67-62(74)48-38-47-33-36-71(61(47)68-40-48)35-10-11-37-78-52-28-30-53(31-29-52)80-60-17-9-8-16-59(60)70-63(75)46-22-18-45(19-23-46)39-69-64(76)79-43-58-56-14-6-4-12-54(56)55-13-5-7-15-57(55)58/h4-9,12-25,28-31,33,36,38,40,50-51,58H,10-11,26-27,32,34-35,37,39,41-43H2,1-3H3,(H,67,74)(H,69,76)(H,70,75)/t50-,51+. The molecule has 2 fully saturated rings. The van der Waals surface area contributed by atoms with Crippen molar-refractivity contribution in [3.63, 3.8) is 0 Å². The molecule has 2 aliphatic heterocycles. The Kier molecular flexibility index (Phi) is 16.0. The Hall–Kier alpha value is -9.11. The molecule has 2 atom stereocenters. The molecule has 81 heavy (non-hydrogen) atoms. The number of aromatic nitrogens is 2. The molecule has 0 radical (unpaired) electrons. The maximum atomic E-state index is 13.4. The average molecular weight is 1090 g/mol. The predicted molar refractivity (Wildman–Crippen MR) is 313 cm³/mol. The Bertz CT molecular complexity index is 3480. The van der Waals surface area contributed by atoms with Crippen molar-refractivity contribution in [3.8, 4) is 28.4 Å². The lowest BCUT2D eigenvalue weighted by Crippen LogP contribution is -2.56. The van der Waals surface area contributed by atoms with Crippen LogP contribution in [0.25, 0.3) is 22.2 Å². The lowest BCUT2D eigenvalue weighted by molar-refractivity contribution is 0.0123. The first-order valence-corrected chi connectivity index (χ1v) is 28.0. The third-order valence-electron chi connectivity index (χ3n) is 15.2. The number of para-hydroxylation sites is 2. The van der Waals surface area contributed by atoms with Crippen LogP contribution in [0.5, 0.6) is 17.2 Å². The minimum atomic E-state index is -0.510. The number of carbonyl (C=O) groups is 4. The molecule has 2 saturated heterocycles. The zero-order chi connectivity index (χ0) is 55.9. The summed E-state index contributed by atoms with van der Waals surface area (Å²) in [5.41, 5.74) is 9.57. The fourth-order valence-electron chi connectivity index (χ4n) is 11.2. The van der Waals surface area contributed by atoms with Crippen LogP contribution in [0, 0.1) is 0 Å². The monoisotopic (exact) mass is 1090 g/mol. The smallest absolute Gasteiger partial charge is 0.410 e. The summed E-state index contributed by atoms with van der Waals surface area (Å²) in [5, 5.41) is 9.78. The Labute approximate surface area is 472 Å². The van der Waals surface area contributed by atoms with Crippen LogP contribution < -0.4 is 30.3 Å². The number of hydrogen-bond donors (Lipinski definition) is 3. The number of hydrogen-bond acceptors (Lipinski definition) is 10. The van der Waals surface area contributed by atoms with Crippen LogP contribution in [-0.2, 0) is 29.0 Å². The molecule has 6 aromatic carbocycles. The number of nitrogens with zero attached hydrogens (tertiary/aromatic N) is 4. The van der Waals surface area contributed by atoms with E-state index in [9.17, 15) is 19.2 Å². The Balaban J connectivity index is 0.576. The highest BCUT2D eigenvalue weighted by atomic mass is 16.6. The van der Waals surface area contributed by atoms with Crippen molar-refractivity contribution < 1.29 is 38.1 Å². The average Bonchev–Trinajstić information content (AvgIpc) is 4.35. The number of anilines is 2. The molecule has 414 valence electrons. The summed E-state index contributed by atoms with van der Waals surface area (Å²) >= 11 is 0. The number of nitrogens with one attached hydrogen (secondary N) is 3. The summed E-state index contributed by atoms with van der Waals surface area (Å²) in [5.74, 6) is 1.31. The van der Waals surface area contributed by atoms with Gasteiger partial charge in [-0.3, -0.25) is 14.5 Å². The van der Waals surface area contributed by atoms with Gasteiger partial charge in [0.2, 0.25) is 0 Å². The number of fused-ring (bicyclic) bond motifs is 6. The van der Waals surface area contributed by atoms with E-state index in [4.69, 9.17) is 18.9 Å². The molecule has 8 aromatic rings. The van der Waals surface area contributed by atoms with E-state index in [1.54, 1.807) is 42.6 Å². The first kappa shape index (κ1) is 53.9. The predicted octanol–water partition coefficient (Wildman–Crippen LogP) is 12.5. The molecule has 4 amide bonds. The fraction of sp³-hybridized carbons (Fsp3) is 0.288. The Morgan fingerprint density at radius 2 is 1.35 bits per heavy atom. The van der Waals surface area contributed by atoms with Crippen LogP contribution in [0.15, 0.2) is 170 Å². The van der Waals surface area contributed by atoms with E-state index in [1.165, 1.54) is 11.1 Å². The van der Waals surface area contributed by atoms with Gasteiger partial charge in [-0.2, -0.15) is 0 Å². The fourth-order valence-corrected chi connectivity index (χ4v) is 11.2. The summed E-state index contributed by atoms with van der Waals surface area (Å²) in [4.78, 5) is 61.2. The third-order valence-corrected chi connectivity index (χ3v) is 15.2. The number of benzene rings is 6. The highest BCUT2D eigenvalue weighted by Gasteiger charge is 2.44. The number of ether oxygens (including phenoxy) is 4. The molecular formula is C66H67N7O8. The Morgan fingerprint density at radius 1 is 0.679 bits per heavy atom. The van der Waals surface area contributed by atoms with E-state index in [-0.39, 0.29) is 49.1 Å². The van der Waals surface area contributed by atoms with Crippen molar-refractivity contribution >= 4 is 46.4 Å². The molecule has 1 aliphatic carbocycles. The Morgan fingerprint density at radius 3 is 2.06 bits per heavy atom. The molecule has 15 nitrogen and oxygen atoms in total. The van der Waals surface area contributed by atoms with Crippen molar-refractivity contribution in [2.45, 2.75) is 89.6 Å². The normalized spacial score (nSPS) is 15.4. The van der Waals surface area contributed by atoms with E-state index < -0.39 is 11.7 Å². The zero-order valence-electron chi connectivity index (χ0n) is 45.9. The van der Waals surface area contributed by atoms with Crippen LogP contribution in [0.3, 0.4) is 0 Å². The third kappa shape index (κ3) is 12.8. The summed E-state index contributed by atoms with van der Waals surface area (Å²) < 4.78 is 25.8. The number of unbranched alkanes of at least 4 members (excludes halogenated alkanes) is 1. The van der Waals surface area contributed by atoms with Gasteiger partial charge in [-0.1, -0.05) is 84.9 Å². The molecule has 0 spiro atoms. The van der Waals surface area contributed by atoms with E-state index in [1.807, 2.05) is 105 Å². The van der Waals surface area contributed by atoms with E-state index in [0.29, 0.717) is 53.6 Å². The van der Waals surface area contributed by atoms with Crippen molar-refractivity contribution in [1.82, 2.24) is 25.1 Å². The van der Waals surface area contributed by atoms with Gasteiger partial charge < -0.3 is 44.4 Å². The number of piperazine rings is 1. The minimum Gasteiger partial charge on any atom is -0.494 e. The van der Waals surface area contributed by atoms with Gasteiger partial charge in [0.25, 0.3) is 11.8 Å². The molecule has 4 heterocycles. The minimum absolute atomic E-state index is 0.0227. The molecule has 2 bridgehead atoms.